The third-order valence-electron chi connectivity index (χ3n) is 1.77. The number of rotatable bonds is 3. The molecule has 0 unspecified atom stereocenters. The zero-order chi connectivity index (χ0) is 13.1. The SMILES string of the molecule is CC(C)NC(=O)NS(=O)(=O)c1ccc(F)cc1. The predicted octanol–water partition coefficient (Wildman–Crippen LogP) is 1.22. The normalized spacial score (nSPS) is 11.3. The van der Waals surface area contributed by atoms with E-state index in [4.69, 9.17) is 0 Å². The quantitative estimate of drug-likeness (QED) is 0.858. The van der Waals surface area contributed by atoms with E-state index in [2.05, 4.69) is 5.32 Å². The Morgan fingerprint density at radius 2 is 1.76 bits per heavy atom. The number of nitrogens with one attached hydrogen (secondary N) is 2. The molecular weight excluding hydrogens is 247 g/mol. The van der Waals surface area contributed by atoms with Crippen LogP contribution in [0.2, 0.25) is 0 Å². The molecule has 0 radical (unpaired) electrons. The number of hydrogen-bond acceptors (Lipinski definition) is 3. The molecule has 0 aromatic heterocycles. The van der Waals surface area contributed by atoms with Crippen LogP contribution >= 0.6 is 0 Å². The monoisotopic (exact) mass is 260 g/mol. The van der Waals surface area contributed by atoms with Gasteiger partial charge in [-0.15, -0.1) is 0 Å². The smallest absolute Gasteiger partial charge is 0.328 e. The van der Waals surface area contributed by atoms with Crippen LogP contribution in [-0.4, -0.2) is 20.5 Å². The number of sulfonamides is 1. The summed E-state index contributed by atoms with van der Waals surface area (Å²) in [6.07, 6.45) is 0. The number of benzene rings is 1. The van der Waals surface area contributed by atoms with Gasteiger partial charge in [-0.3, -0.25) is 0 Å². The third-order valence-corrected chi connectivity index (χ3v) is 3.12. The molecule has 5 nitrogen and oxygen atoms in total. The van der Waals surface area contributed by atoms with Crippen LogP contribution in [0.25, 0.3) is 0 Å². The highest BCUT2D eigenvalue weighted by molar-refractivity contribution is 7.90. The van der Waals surface area contributed by atoms with Gasteiger partial charge in [0.2, 0.25) is 0 Å². The van der Waals surface area contributed by atoms with Crippen molar-refractivity contribution in [3.05, 3.63) is 30.1 Å². The number of carbonyl (C=O) groups excluding carboxylic acids is 1. The molecule has 0 fully saturated rings. The van der Waals surface area contributed by atoms with Crippen molar-refractivity contribution in [2.45, 2.75) is 24.8 Å². The molecule has 0 spiro atoms. The first-order valence-electron chi connectivity index (χ1n) is 4.90. The van der Waals surface area contributed by atoms with Gasteiger partial charge < -0.3 is 5.32 Å². The second kappa shape index (κ2) is 5.13. The van der Waals surface area contributed by atoms with E-state index < -0.39 is 21.9 Å². The molecule has 1 aromatic carbocycles. The van der Waals surface area contributed by atoms with Crippen molar-refractivity contribution in [3.8, 4) is 0 Å². The molecule has 17 heavy (non-hydrogen) atoms. The van der Waals surface area contributed by atoms with Crippen LogP contribution in [0, 0.1) is 5.82 Å². The average Bonchev–Trinajstić information content (AvgIpc) is 2.15. The van der Waals surface area contributed by atoms with Gasteiger partial charge in [0.25, 0.3) is 10.0 Å². The summed E-state index contributed by atoms with van der Waals surface area (Å²) in [7, 11) is -3.95. The molecular formula is C10H13FN2O3S. The molecule has 0 aliphatic heterocycles. The van der Waals surface area contributed by atoms with E-state index >= 15 is 0 Å². The summed E-state index contributed by atoms with van der Waals surface area (Å²) in [4.78, 5) is 11.1. The molecule has 0 saturated heterocycles. The van der Waals surface area contributed by atoms with Crippen LogP contribution in [0.15, 0.2) is 29.2 Å². The molecule has 2 amide bonds. The second-order valence-corrected chi connectivity index (χ2v) is 5.37. The Kier molecular flexibility index (Phi) is 4.06. The van der Waals surface area contributed by atoms with Crippen LogP contribution < -0.4 is 10.0 Å². The van der Waals surface area contributed by atoms with Crippen molar-refractivity contribution in [2.75, 3.05) is 0 Å². The third kappa shape index (κ3) is 4.03. The lowest BCUT2D eigenvalue weighted by Gasteiger charge is -2.10. The Labute approximate surface area is 99.1 Å². The molecule has 2 N–H and O–H groups in total. The molecule has 0 aliphatic rings. The van der Waals surface area contributed by atoms with E-state index in [0.29, 0.717) is 0 Å². The lowest BCUT2D eigenvalue weighted by Crippen LogP contribution is -2.42. The molecule has 94 valence electrons. The molecule has 0 saturated carbocycles. The van der Waals surface area contributed by atoms with E-state index in [1.807, 2.05) is 4.72 Å². The van der Waals surface area contributed by atoms with E-state index in [1.54, 1.807) is 13.8 Å². The summed E-state index contributed by atoms with van der Waals surface area (Å²) in [5.41, 5.74) is 0. The molecule has 0 atom stereocenters. The van der Waals surface area contributed by atoms with E-state index in [-0.39, 0.29) is 10.9 Å². The minimum Gasteiger partial charge on any atom is -0.335 e. The van der Waals surface area contributed by atoms with Crippen molar-refractivity contribution in [1.29, 1.82) is 0 Å². The first kappa shape index (κ1) is 13.4. The van der Waals surface area contributed by atoms with Gasteiger partial charge in [-0.2, -0.15) is 0 Å². The zero-order valence-electron chi connectivity index (χ0n) is 9.40. The standard InChI is InChI=1S/C10H13FN2O3S/c1-7(2)12-10(14)13-17(15,16)9-5-3-8(11)4-6-9/h3-7H,1-2H3,(H2,12,13,14). The zero-order valence-corrected chi connectivity index (χ0v) is 10.2. The van der Waals surface area contributed by atoms with Crippen molar-refractivity contribution in [1.82, 2.24) is 10.0 Å². The van der Waals surface area contributed by atoms with Crippen LogP contribution in [0.1, 0.15) is 13.8 Å². The van der Waals surface area contributed by atoms with E-state index in [1.165, 1.54) is 0 Å². The van der Waals surface area contributed by atoms with Gasteiger partial charge in [0.05, 0.1) is 4.90 Å². The first-order chi connectivity index (χ1) is 7.81. The van der Waals surface area contributed by atoms with Gasteiger partial charge in [-0.25, -0.2) is 22.3 Å². The van der Waals surface area contributed by atoms with Gasteiger partial charge in [0, 0.05) is 6.04 Å². The summed E-state index contributed by atoms with van der Waals surface area (Å²) in [6.45, 7) is 3.40. The van der Waals surface area contributed by atoms with Gasteiger partial charge >= 0.3 is 6.03 Å². The lowest BCUT2D eigenvalue weighted by atomic mass is 10.4. The highest BCUT2D eigenvalue weighted by Gasteiger charge is 2.17. The van der Waals surface area contributed by atoms with Gasteiger partial charge in [0.15, 0.2) is 0 Å². The fourth-order valence-corrected chi connectivity index (χ4v) is 2.00. The maximum atomic E-state index is 12.6. The Hall–Kier alpha value is -1.63. The highest BCUT2D eigenvalue weighted by atomic mass is 32.2. The van der Waals surface area contributed by atoms with E-state index in [0.717, 1.165) is 24.3 Å². The summed E-state index contributed by atoms with van der Waals surface area (Å²) in [5, 5.41) is 2.38. The Bertz CT molecular complexity index is 497. The lowest BCUT2D eigenvalue weighted by molar-refractivity contribution is 0.243. The maximum Gasteiger partial charge on any atom is 0.328 e. The molecule has 0 aliphatic carbocycles. The van der Waals surface area contributed by atoms with Gasteiger partial charge in [-0.05, 0) is 38.1 Å². The van der Waals surface area contributed by atoms with Crippen molar-refractivity contribution >= 4 is 16.1 Å². The predicted molar refractivity (Wildman–Crippen MR) is 60.4 cm³/mol. The molecule has 1 rings (SSSR count). The van der Waals surface area contributed by atoms with Crippen molar-refractivity contribution in [3.63, 3.8) is 0 Å². The van der Waals surface area contributed by atoms with Crippen molar-refractivity contribution < 1.29 is 17.6 Å². The summed E-state index contributed by atoms with van der Waals surface area (Å²) >= 11 is 0. The first-order valence-corrected chi connectivity index (χ1v) is 6.38. The Balaban J connectivity index is 2.82. The molecule has 0 heterocycles. The topological polar surface area (TPSA) is 75.3 Å². The molecule has 1 aromatic rings. The largest absolute Gasteiger partial charge is 0.335 e. The number of hydrogen-bond donors (Lipinski definition) is 2. The number of halogens is 1. The number of amides is 2. The number of urea groups is 1. The van der Waals surface area contributed by atoms with Gasteiger partial charge in [-0.1, -0.05) is 0 Å². The van der Waals surface area contributed by atoms with Crippen LogP contribution in [0.5, 0.6) is 0 Å². The Morgan fingerprint density at radius 1 is 1.24 bits per heavy atom. The van der Waals surface area contributed by atoms with Crippen LogP contribution in [0.3, 0.4) is 0 Å². The van der Waals surface area contributed by atoms with Crippen LogP contribution in [-0.2, 0) is 10.0 Å². The average molecular weight is 260 g/mol. The Morgan fingerprint density at radius 3 is 2.24 bits per heavy atom. The minimum atomic E-state index is -3.95. The second-order valence-electron chi connectivity index (χ2n) is 3.69. The van der Waals surface area contributed by atoms with E-state index in [9.17, 15) is 17.6 Å². The number of carbonyl (C=O) groups is 1. The fourth-order valence-electron chi connectivity index (χ4n) is 1.09. The molecule has 0 bridgehead atoms. The van der Waals surface area contributed by atoms with Crippen LogP contribution in [0.4, 0.5) is 9.18 Å². The summed E-state index contributed by atoms with van der Waals surface area (Å²) < 4.78 is 37.7. The van der Waals surface area contributed by atoms with Gasteiger partial charge in [0.1, 0.15) is 5.82 Å². The highest BCUT2D eigenvalue weighted by Crippen LogP contribution is 2.09. The summed E-state index contributed by atoms with van der Waals surface area (Å²) in [5.74, 6) is -0.546. The fraction of sp³-hybridized carbons (Fsp3) is 0.300. The molecule has 7 heteroatoms. The summed E-state index contributed by atoms with van der Waals surface area (Å²) in [6, 6.07) is 3.19. The maximum absolute atomic E-state index is 12.6. The van der Waals surface area contributed by atoms with Crippen molar-refractivity contribution in [2.24, 2.45) is 0 Å². The minimum absolute atomic E-state index is 0.169.